The normalized spacial score (nSPS) is 19.7. The molecule has 0 amide bonds. The number of aryl methyl sites for hydroxylation is 1. The number of halogens is 2. The topological polar surface area (TPSA) is 28.2 Å². The molecule has 132 valence electrons. The smallest absolute Gasteiger partial charge is 0.174 e. The van der Waals surface area contributed by atoms with Gasteiger partial charge in [0.1, 0.15) is 5.82 Å². The maximum atomic E-state index is 13.8. The van der Waals surface area contributed by atoms with E-state index in [0.717, 1.165) is 20.0 Å². The van der Waals surface area contributed by atoms with E-state index in [0.29, 0.717) is 10.7 Å². The van der Waals surface area contributed by atoms with E-state index >= 15 is 0 Å². The molecule has 1 aromatic carbocycles. The second-order valence-corrected chi connectivity index (χ2v) is 8.95. The molecule has 2 unspecified atom stereocenters. The highest BCUT2D eigenvalue weighted by molar-refractivity contribution is 9.11. The minimum Gasteiger partial charge on any atom is -0.351 e. The Morgan fingerprint density at radius 2 is 2.08 bits per heavy atom. The maximum absolute atomic E-state index is 13.8. The van der Waals surface area contributed by atoms with Gasteiger partial charge in [0, 0.05) is 16.8 Å². The summed E-state index contributed by atoms with van der Waals surface area (Å²) in [5.74, 6) is -0.219. The molecule has 3 aromatic rings. The van der Waals surface area contributed by atoms with Gasteiger partial charge in [0.15, 0.2) is 5.11 Å². The number of nitrogens with one attached hydrogen (secondary N) is 1. The maximum Gasteiger partial charge on any atom is 0.174 e. The fourth-order valence-corrected chi connectivity index (χ4v) is 5.09. The van der Waals surface area contributed by atoms with Gasteiger partial charge in [-0.05, 0) is 83.1 Å². The van der Waals surface area contributed by atoms with Crippen molar-refractivity contribution in [3.63, 3.8) is 0 Å². The van der Waals surface area contributed by atoms with E-state index in [-0.39, 0.29) is 17.9 Å². The lowest BCUT2D eigenvalue weighted by Crippen LogP contribution is -2.29. The molecule has 1 aliphatic rings. The first kappa shape index (κ1) is 17.6. The second kappa shape index (κ2) is 7.06. The Hall–Kier alpha value is -1.83. The summed E-state index contributed by atoms with van der Waals surface area (Å²) in [6.07, 6.45) is 1.78. The zero-order valence-corrected chi connectivity index (χ0v) is 17.0. The minimum atomic E-state index is -0.219. The van der Waals surface area contributed by atoms with E-state index in [1.165, 1.54) is 6.07 Å². The zero-order chi connectivity index (χ0) is 18.3. The van der Waals surface area contributed by atoms with Gasteiger partial charge in [-0.25, -0.2) is 4.39 Å². The number of rotatable bonds is 3. The Labute approximate surface area is 169 Å². The molecule has 3 nitrogen and oxygen atoms in total. The summed E-state index contributed by atoms with van der Waals surface area (Å²) >= 11 is 10.9. The van der Waals surface area contributed by atoms with Gasteiger partial charge < -0.3 is 10.2 Å². The number of hydrogen-bond donors (Lipinski definition) is 1. The van der Waals surface area contributed by atoms with E-state index in [1.807, 2.05) is 30.3 Å². The van der Waals surface area contributed by atoms with E-state index in [9.17, 15) is 4.39 Å². The molecule has 0 bridgehead atoms. The van der Waals surface area contributed by atoms with Gasteiger partial charge in [-0.2, -0.15) is 0 Å². The first-order chi connectivity index (χ1) is 12.5. The zero-order valence-electron chi connectivity index (χ0n) is 13.8. The lowest BCUT2D eigenvalue weighted by atomic mass is 10.0. The molecule has 2 atom stereocenters. The molecule has 3 heterocycles. The van der Waals surface area contributed by atoms with E-state index < -0.39 is 0 Å². The van der Waals surface area contributed by atoms with Crippen LogP contribution in [0.2, 0.25) is 0 Å². The van der Waals surface area contributed by atoms with Gasteiger partial charge >= 0.3 is 0 Å². The molecule has 1 fully saturated rings. The second-order valence-electron chi connectivity index (χ2n) is 6.07. The van der Waals surface area contributed by atoms with Crippen molar-refractivity contribution in [3.8, 4) is 0 Å². The van der Waals surface area contributed by atoms with Crippen molar-refractivity contribution in [3.05, 3.63) is 80.5 Å². The standard InChI is InChI=1S/C19H15BrFN3S2/c1-11-10-12(5-6-13(11)21)24-18(15-7-8-16(20)26-15)17(23-19(24)25)14-4-2-3-9-22-14/h2-10,17-18H,1H3,(H,23,25). The average molecular weight is 448 g/mol. The van der Waals surface area contributed by atoms with Crippen LogP contribution >= 0.6 is 39.5 Å². The summed E-state index contributed by atoms with van der Waals surface area (Å²) in [6.45, 7) is 1.76. The van der Waals surface area contributed by atoms with Crippen LogP contribution in [0.4, 0.5) is 10.1 Å². The van der Waals surface area contributed by atoms with Gasteiger partial charge in [-0.3, -0.25) is 4.98 Å². The molecular weight excluding hydrogens is 433 g/mol. The third-order valence-electron chi connectivity index (χ3n) is 4.40. The average Bonchev–Trinajstić information content (AvgIpc) is 3.21. The van der Waals surface area contributed by atoms with Crippen molar-refractivity contribution in [2.24, 2.45) is 0 Å². The first-order valence-electron chi connectivity index (χ1n) is 8.06. The van der Waals surface area contributed by atoms with E-state index in [4.69, 9.17) is 12.2 Å². The largest absolute Gasteiger partial charge is 0.351 e. The summed E-state index contributed by atoms with van der Waals surface area (Å²) < 4.78 is 14.8. The van der Waals surface area contributed by atoms with Gasteiger partial charge in [0.05, 0.1) is 21.6 Å². The number of aromatic nitrogens is 1. The molecule has 0 spiro atoms. The van der Waals surface area contributed by atoms with Crippen LogP contribution in [-0.2, 0) is 0 Å². The van der Waals surface area contributed by atoms with Crippen molar-refractivity contribution in [1.82, 2.24) is 10.3 Å². The van der Waals surface area contributed by atoms with Gasteiger partial charge in [0.25, 0.3) is 0 Å². The van der Waals surface area contributed by atoms with Crippen LogP contribution in [0.25, 0.3) is 0 Å². The monoisotopic (exact) mass is 447 g/mol. The molecule has 0 aliphatic carbocycles. The Kier molecular flexibility index (Phi) is 4.77. The summed E-state index contributed by atoms with van der Waals surface area (Å²) in [4.78, 5) is 7.73. The molecule has 0 radical (unpaired) electrons. The van der Waals surface area contributed by atoms with Crippen molar-refractivity contribution in [2.75, 3.05) is 4.90 Å². The third-order valence-corrected chi connectivity index (χ3v) is 6.41. The van der Waals surface area contributed by atoms with Crippen LogP contribution in [0.3, 0.4) is 0 Å². The fraction of sp³-hybridized carbons (Fsp3) is 0.158. The van der Waals surface area contributed by atoms with Crippen LogP contribution in [-0.4, -0.2) is 10.1 Å². The number of anilines is 1. The van der Waals surface area contributed by atoms with Crippen molar-refractivity contribution in [2.45, 2.75) is 19.0 Å². The first-order valence-corrected chi connectivity index (χ1v) is 10.1. The molecule has 2 aromatic heterocycles. The van der Waals surface area contributed by atoms with Crippen LogP contribution in [0.1, 0.15) is 28.2 Å². The van der Waals surface area contributed by atoms with Crippen molar-refractivity contribution < 1.29 is 4.39 Å². The quantitative estimate of drug-likeness (QED) is 0.534. The lowest BCUT2D eigenvalue weighted by Gasteiger charge is -2.27. The number of hydrogen-bond acceptors (Lipinski definition) is 3. The molecule has 7 heteroatoms. The van der Waals surface area contributed by atoms with Gasteiger partial charge in [-0.15, -0.1) is 11.3 Å². The molecular formula is C19H15BrFN3S2. The molecule has 26 heavy (non-hydrogen) atoms. The predicted octanol–water partition coefficient (Wildman–Crippen LogP) is 5.53. The molecule has 1 saturated heterocycles. The van der Waals surface area contributed by atoms with Crippen LogP contribution in [0.5, 0.6) is 0 Å². The molecule has 0 saturated carbocycles. The minimum absolute atomic E-state index is 0.0569. The molecule has 1 aliphatic heterocycles. The Morgan fingerprint density at radius 3 is 2.73 bits per heavy atom. The van der Waals surface area contributed by atoms with Gasteiger partial charge in [0.2, 0.25) is 0 Å². The number of pyridine rings is 1. The number of thiophene rings is 1. The fourth-order valence-electron chi connectivity index (χ4n) is 3.19. The molecule has 4 rings (SSSR count). The van der Waals surface area contributed by atoms with Crippen molar-refractivity contribution >= 4 is 50.3 Å². The third kappa shape index (κ3) is 3.15. The van der Waals surface area contributed by atoms with Crippen LogP contribution in [0.15, 0.2) is 58.5 Å². The Bertz CT molecular complexity index is 960. The lowest BCUT2D eigenvalue weighted by molar-refractivity contribution is 0.574. The number of benzene rings is 1. The summed E-state index contributed by atoms with van der Waals surface area (Å²) in [7, 11) is 0. The molecule has 1 N–H and O–H groups in total. The van der Waals surface area contributed by atoms with E-state index in [1.54, 1.807) is 30.5 Å². The highest BCUT2D eigenvalue weighted by Gasteiger charge is 2.41. The summed E-state index contributed by atoms with van der Waals surface area (Å²) in [6, 6.07) is 14.9. The summed E-state index contributed by atoms with van der Waals surface area (Å²) in [5.41, 5.74) is 2.39. The van der Waals surface area contributed by atoms with Crippen LogP contribution in [0, 0.1) is 12.7 Å². The number of thiocarbonyl (C=S) groups is 1. The van der Waals surface area contributed by atoms with Crippen molar-refractivity contribution in [1.29, 1.82) is 0 Å². The summed E-state index contributed by atoms with van der Waals surface area (Å²) in [5, 5.41) is 4.02. The Morgan fingerprint density at radius 1 is 1.23 bits per heavy atom. The van der Waals surface area contributed by atoms with Crippen LogP contribution < -0.4 is 10.2 Å². The SMILES string of the molecule is Cc1cc(N2C(=S)NC(c3ccccn3)C2c2ccc(Br)s2)ccc1F. The Balaban J connectivity index is 1.83. The van der Waals surface area contributed by atoms with E-state index in [2.05, 4.69) is 37.2 Å². The highest BCUT2D eigenvalue weighted by atomic mass is 79.9. The predicted molar refractivity (Wildman–Crippen MR) is 111 cm³/mol. The van der Waals surface area contributed by atoms with Gasteiger partial charge in [-0.1, -0.05) is 6.07 Å². The number of nitrogens with zero attached hydrogens (tertiary/aromatic N) is 2. The highest BCUT2D eigenvalue weighted by Crippen LogP contribution is 2.44.